The van der Waals surface area contributed by atoms with Gasteiger partial charge in [0.2, 0.25) is 0 Å². The minimum atomic E-state index is -0.110. The summed E-state index contributed by atoms with van der Waals surface area (Å²) >= 11 is 6.78. The van der Waals surface area contributed by atoms with E-state index >= 15 is 0 Å². The number of hydrogen-bond acceptors (Lipinski definition) is 4. The van der Waals surface area contributed by atoms with Crippen molar-refractivity contribution in [2.24, 2.45) is 0 Å². The van der Waals surface area contributed by atoms with Crippen molar-refractivity contribution in [3.05, 3.63) is 100 Å². The summed E-state index contributed by atoms with van der Waals surface area (Å²) in [6, 6.07) is 25.5. The van der Waals surface area contributed by atoms with E-state index in [4.69, 9.17) is 17.0 Å². The summed E-state index contributed by atoms with van der Waals surface area (Å²) in [5, 5.41) is 0. The van der Waals surface area contributed by atoms with E-state index in [-0.39, 0.29) is 5.91 Å². The number of amides is 1. The van der Waals surface area contributed by atoms with E-state index in [1.165, 1.54) is 11.8 Å². The van der Waals surface area contributed by atoms with E-state index in [9.17, 15) is 4.79 Å². The molecular weight excluding hydrogens is 398 g/mol. The van der Waals surface area contributed by atoms with Gasteiger partial charge in [0.25, 0.3) is 5.91 Å². The Morgan fingerprint density at radius 1 is 0.966 bits per heavy atom. The molecule has 29 heavy (non-hydrogen) atoms. The predicted octanol–water partition coefficient (Wildman–Crippen LogP) is 5.98. The van der Waals surface area contributed by atoms with Gasteiger partial charge in [-0.25, -0.2) is 0 Å². The van der Waals surface area contributed by atoms with Crippen molar-refractivity contribution in [2.75, 3.05) is 4.90 Å². The molecule has 5 heteroatoms. The van der Waals surface area contributed by atoms with Gasteiger partial charge in [-0.1, -0.05) is 90.2 Å². The molecule has 0 spiro atoms. The Kier molecular flexibility index (Phi) is 5.79. The average molecular weight is 418 g/mol. The number of carbonyl (C=O) groups is 1. The number of benzene rings is 3. The van der Waals surface area contributed by atoms with Crippen LogP contribution in [0, 0.1) is 6.92 Å². The number of rotatable bonds is 5. The quantitative estimate of drug-likeness (QED) is 0.377. The zero-order valence-electron chi connectivity index (χ0n) is 15.9. The van der Waals surface area contributed by atoms with Crippen molar-refractivity contribution in [3.63, 3.8) is 0 Å². The first-order valence-corrected chi connectivity index (χ1v) is 10.4. The van der Waals surface area contributed by atoms with Gasteiger partial charge in [-0.15, -0.1) is 0 Å². The minimum Gasteiger partial charge on any atom is -0.488 e. The molecule has 1 aliphatic heterocycles. The first-order chi connectivity index (χ1) is 14.1. The lowest BCUT2D eigenvalue weighted by Crippen LogP contribution is -2.27. The van der Waals surface area contributed by atoms with E-state index in [1.54, 1.807) is 4.90 Å². The zero-order valence-corrected chi connectivity index (χ0v) is 17.5. The summed E-state index contributed by atoms with van der Waals surface area (Å²) in [6.07, 6.45) is 1.85. The molecule has 1 saturated heterocycles. The Labute approximate surface area is 180 Å². The molecule has 0 radical (unpaired) electrons. The van der Waals surface area contributed by atoms with Crippen LogP contribution in [0.5, 0.6) is 5.75 Å². The van der Waals surface area contributed by atoms with E-state index in [1.807, 2.05) is 91.9 Å². The van der Waals surface area contributed by atoms with Crippen LogP contribution in [0.2, 0.25) is 0 Å². The van der Waals surface area contributed by atoms with E-state index in [2.05, 4.69) is 0 Å². The zero-order chi connectivity index (χ0) is 20.2. The summed E-state index contributed by atoms with van der Waals surface area (Å²) in [5.74, 6) is 0.624. The second kappa shape index (κ2) is 8.64. The first kappa shape index (κ1) is 19.4. The Morgan fingerprint density at radius 2 is 1.66 bits per heavy atom. The SMILES string of the molecule is Cc1ccc(N2C(=O)C(=Cc3ccccc3OCc3ccccc3)SC2=S)cc1. The molecule has 0 unspecified atom stereocenters. The Morgan fingerprint density at radius 3 is 2.41 bits per heavy atom. The molecule has 0 saturated carbocycles. The highest BCUT2D eigenvalue weighted by Crippen LogP contribution is 2.37. The maximum Gasteiger partial charge on any atom is 0.270 e. The Hall–Kier alpha value is -2.89. The second-order valence-corrected chi connectivity index (χ2v) is 8.34. The highest BCUT2D eigenvalue weighted by atomic mass is 32.2. The number of nitrogens with zero attached hydrogens (tertiary/aromatic N) is 1. The normalized spacial score (nSPS) is 15.2. The average Bonchev–Trinajstić information content (AvgIpc) is 3.02. The lowest BCUT2D eigenvalue weighted by Gasteiger charge is -2.14. The van der Waals surface area contributed by atoms with Gasteiger partial charge >= 0.3 is 0 Å². The van der Waals surface area contributed by atoms with Gasteiger partial charge in [-0.3, -0.25) is 9.69 Å². The number of carbonyl (C=O) groups excluding carboxylic acids is 1. The number of para-hydroxylation sites is 1. The summed E-state index contributed by atoms with van der Waals surface area (Å²) in [5.41, 5.74) is 3.87. The van der Waals surface area contributed by atoms with Crippen LogP contribution in [0.4, 0.5) is 5.69 Å². The summed E-state index contributed by atoms with van der Waals surface area (Å²) in [7, 11) is 0. The molecule has 4 rings (SSSR count). The third-order valence-corrected chi connectivity index (χ3v) is 5.83. The van der Waals surface area contributed by atoms with Gasteiger partial charge in [0.1, 0.15) is 12.4 Å². The van der Waals surface area contributed by atoms with Crippen LogP contribution in [0.15, 0.2) is 83.8 Å². The topological polar surface area (TPSA) is 29.5 Å². The van der Waals surface area contributed by atoms with Gasteiger partial charge in [0, 0.05) is 5.56 Å². The molecule has 0 aliphatic carbocycles. The number of anilines is 1. The summed E-state index contributed by atoms with van der Waals surface area (Å²) in [6.45, 7) is 2.48. The van der Waals surface area contributed by atoms with E-state index < -0.39 is 0 Å². The molecule has 0 aromatic heterocycles. The standard InChI is InChI=1S/C24H19NO2S2/c1-17-11-13-20(14-12-17)25-23(26)22(29-24(25)28)15-19-9-5-6-10-21(19)27-16-18-7-3-2-4-8-18/h2-15H,16H2,1H3. The maximum atomic E-state index is 13.0. The van der Waals surface area contributed by atoms with E-state index in [0.29, 0.717) is 15.8 Å². The predicted molar refractivity (Wildman–Crippen MR) is 124 cm³/mol. The smallest absolute Gasteiger partial charge is 0.270 e. The van der Waals surface area contributed by atoms with E-state index in [0.717, 1.165) is 28.1 Å². The first-order valence-electron chi connectivity index (χ1n) is 9.22. The third-order valence-electron chi connectivity index (χ3n) is 4.53. The molecular formula is C24H19NO2S2. The fourth-order valence-corrected chi connectivity index (χ4v) is 4.28. The number of hydrogen-bond donors (Lipinski definition) is 0. The fraction of sp³-hybridized carbons (Fsp3) is 0.0833. The minimum absolute atomic E-state index is 0.110. The molecule has 1 fully saturated rings. The molecule has 1 aliphatic rings. The number of aryl methyl sites for hydroxylation is 1. The number of thioether (sulfide) groups is 1. The monoisotopic (exact) mass is 417 g/mol. The Bertz CT molecular complexity index is 1080. The van der Waals surface area contributed by atoms with Crippen LogP contribution in [-0.4, -0.2) is 10.2 Å². The van der Waals surface area contributed by atoms with Crippen molar-refractivity contribution in [3.8, 4) is 5.75 Å². The van der Waals surface area contributed by atoms with Crippen LogP contribution in [0.25, 0.3) is 6.08 Å². The largest absolute Gasteiger partial charge is 0.488 e. The molecule has 0 bridgehead atoms. The molecule has 3 aromatic carbocycles. The number of ether oxygens (including phenoxy) is 1. The van der Waals surface area contributed by atoms with Gasteiger partial charge in [-0.05, 0) is 36.8 Å². The molecule has 3 nitrogen and oxygen atoms in total. The van der Waals surface area contributed by atoms with Crippen molar-refractivity contribution in [1.82, 2.24) is 0 Å². The van der Waals surface area contributed by atoms with Crippen LogP contribution < -0.4 is 9.64 Å². The molecule has 3 aromatic rings. The lowest BCUT2D eigenvalue weighted by atomic mass is 10.1. The molecule has 144 valence electrons. The summed E-state index contributed by atoms with van der Waals surface area (Å²) in [4.78, 5) is 15.2. The van der Waals surface area contributed by atoms with Crippen molar-refractivity contribution in [2.45, 2.75) is 13.5 Å². The fourth-order valence-electron chi connectivity index (χ4n) is 2.99. The molecule has 0 atom stereocenters. The van der Waals surface area contributed by atoms with Crippen molar-refractivity contribution < 1.29 is 9.53 Å². The number of thiocarbonyl (C=S) groups is 1. The summed E-state index contributed by atoms with van der Waals surface area (Å²) < 4.78 is 6.54. The molecule has 1 heterocycles. The van der Waals surface area contributed by atoms with Crippen LogP contribution in [0.3, 0.4) is 0 Å². The van der Waals surface area contributed by atoms with Gasteiger partial charge in [0.05, 0.1) is 10.6 Å². The maximum absolute atomic E-state index is 13.0. The van der Waals surface area contributed by atoms with Crippen LogP contribution >= 0.6 is 24.0 Å². The van der Waals surface area contributed by atoms with Gasteiger partial charge in [0.15, 0.2) is 4.32 Å². The molecule has 0 N–H and O–H groups in total. The second-order valence-electron chi connectivity index (χ2n) is 6.66. The van der Waals surface area contributed by atoms with Crippen LogP contribution in [-0.2, 0) is 11.4 Å². The molecule has 1 amide bonds. The lowest BCUT2D eigenvalue weighted by molar-refractivity contribution is -0.113. The highest BCUT2D eigenvalue weighted by Gasteiger charge is 2.33. The van der Waals surface area contributed by atoms with Gasteiger partial charge < -0.3 is 4.74 Å². The third kappa shape index (κ3) is 4.42. The van der Waals surface area contributed by atoms with Crippen molar-refractivity contribution >= 4 is 46.0 Å². The Balaban J connectivity index is 1.57. The van der Waals surface area contributed by atoms with Crippen molar-refractivity contribution in [1.29, 1.82) is 0 Å². The van der Waals surface area contributed by atoms with Crippen LogP contribution in [0.1, 0.15) is 16.7 Å². The van der Waals surface area contributed by atoms with Gasteiger partial charge in [-0.2, -0.15) is 0 Å². The highest BCUT2D eigenvalue weighted by molar-refractivity contribution is 8.27.